The Morgan fingerprint density at radius 2 is 1.57 bits per heavy atom. The molecule has 1 atom stereocenters. The number of alkyl halides is 3. The van der Waals surface area contributed by atoms with Crippen LogP contribution in [0.2, 0.25) is 5.02 Å². The van der Waals surface area contributed by atoms with Crippen molar-refractivity contribution in [3.05, 3.63) is 70.2 Å². The molecule has 2 aromatic carbocycles. The average Bonchev–Trinajstić information content (AvgIpc) is 2.41. The molecule has 0 aliphatic carbocycles. The van der Waals surface area contributed by atoms with Gasteiger partial charge in [-0.2, -0.15) is 13.2 Å². The molecule has 0 saturated carbocycles. The first-order valence-electron chi connectivity index (χ1n) is 6.10. The van der Waals surface area contributed by atoms with Crippen molar-refractivity contribution >= 4 is 22.4 Å². The summed E-state index contributed by atoms with van der Waals surface area (Å²) in [7, 11) is -1.27. The lowest BCUT2D eigenvalue weighted by molar-refractivity contribution is -0.137. The van der Waals surface area contributed by atoms with Crippen molar-refractivity contribution in [3.8, 4) is 0 Å². The Bertz CT molecular complexity index is 638. The zero-order valence-electron chi connectivity index (χ0n) is 10.9. The maximum atomic E-state index is 12.6. The minimum Gasteiger partial charge on any atom is -0.259 e. The van der Waals surface area contributed by atoms with E-state index < -0.39 is 22.5 Å². The standard InChI is InChI=1S/C15H12ClF3OS/c16-14-6-4-11(5-7-14)9-21(20)10-12-2-1-3-13(8-12)15(17,18)19/h1-8H,9-10H2. The largest absolute Gasteiger partial charge is 0.416 e. The molecule has 112 valence electrons. The van der Waals surface area contributed by atoms with Crippen LogP contribution >= 0.6 is 11.6 Å². The van der Waals surface area contributed by atoms with Gasteiger partial charge in [-0.1, -0.05) is 41.9 Å². The molecule has 0 saturated heterocycles. The van der Waals surface area contributed by atoms with Gasteiger partial charge in [0, 0.05) is 27.3 Å². The molecule has 0 aliphatic rings. The average molecular weight is 333 g/mol. The Morgan fingerprint density at radius 3 is 2.19 bits per heavy atom. The summed E-state index contributed by atoms with van der Waals surface area (Å²) in [6, 6.07) is 11.8. The molecule has 0 N–H and O–H groups in total. The Hall–Kier alpha value is -1.33. The lowest BCUT2D eigenvalue weighted by Gasteiger charge is -2.09. The summed E-state index contributed by atoms with van der Waals surface area (Å²) >= 11 is 5.76. The number of benzene rings is 2. The summed E-state index contributed by atoms with van der Waals surface area (Å²) in [6.07, 6.45) is -4.38. The van der Waals surface area contributed by atoms with Gasteiger partial charge in [0.1, 0.15) is 0 Å². The van der Waals surface area contributed by atoms with Gasteiger partial charge < -0.3 is 0 Å². The van der Waals surface area contributed by atoms with Gasteiger partial charge in [0.2, 0.25) is 0 Å². The highest BCUT2D eigenvalue weighted by atomic mass is 35.5. The van der Waals surface area contributed by atoms with Crippen LogP contribution in [-0.2, 0) is 28.5 Å². The summed E-state index contributed by atoms with van der Waals surface area (Å²) in [4.78, 5) is 0. The molecule has 2 aromatic rings. The maximum absolute atomic E-state index is 12.6. The molecule has 0 radical (unpaired) electrons. The van der Waals surface area contributed by atoms with Crippen LogP contribution in [0.1, 0.15) is 16.7 Å². The molecule has 0 spiro atoms. The first-order chi connectivity index (χ1) is 9.84. The fourth-order valence-corrected chi connectivity index (χ4v) is 3.18. The van der Waals surface area contributed by atoms with Crippen molar-refractivity contribution in [1.29, 1.82) is 0 Å². The molecule has 21 heavy (non-hydrogen) atoms. The van der Waals surface area contributed by atoms with Gasteiger partial charge in [-0.25, -0.2) is 0 Å². The monoisotopic (exact) mass is 332 g/mol. The van der Waals surface area contributed by atoms with Gasteiger partial charge in [-0.15, -0.1) is 0 Å². The van der Waals surface area contributed by atoms with Crippen LogP contribution in [0.5, 0.6) is 0 Å². The summed E-state index contributed by atoms with van der Waals surface area (Å²) < 4.78 is 49.8. The van der Waals surface area contributed by atoms with Gasteiger partial charge in [-0.3, -0.25) is 4.21 Å². The third-order valence-electron chi connectivity index (χ3n) is 2.82. The highest BCUT2D eigenvalue weighted by molar-refractivity contribution is 7.83. The molecule has 2 rings (SSSR count). The molecule has 0 bridgehead atoms. The maximum Gasteiger partial charge on any atom is 0.416 e. The van der Waals surface area contributed by atoms with E-state index in [4.69, 9.17) is 11.6 Å². The van der Waals surface area contributed by atoms with Crippen LogP contribution in [0.3, 0.4) is 0 Å². The van der Waals surface area contributed by atoms with Gasteiger partial charge in [-0.05, 0) is 29.3 Å². The Morgan fingerprint density at radius 1 is 0.952 bits per heavy atom. The Kier molecular flexibility index (Phi) is 5.06. The van der Waals surface area contributed by atoms with E-state index in [-0.39, 0.29) is 11.5 Å². The first kappa shape index (κ1) is 16.0. The number of hydrogen-bond acceptors (Lipinski definition) is 1. The molecule has 1 nitrogen and oxygen atoms in total. The molecular weight excluding hydrogens is 321 g/mol. The van der Waals surface area contributed by atoms with Crippen molar-refractivity contribution in [3.63, 3.8) is 0 Å². The summed E-state index contributed by atoms with van der Waals surface area (Å²) in [5.41, 5.74) is 0.533. The van der Waals surface area contributed by atoms with Crippen LogP contribution in [0.25, 0.3) is 0 Å². The third kappa shape index (κ3) is 4.86. The summed E-state index contributed by atoms with van der Waals surface area (Å²) in [5.74, 6) is 0.375. The van der Waals surface area contributed by atoms with E-state index in [1.165, 1.54) is 6.07 Å². The van der Waals surface area contributed by atoms with Crippen LogP contribution in [0.4, 0.5) is 13.2 Å². The molecule has 0 aliphatic heterocycles. The molecule has 1 unspecified atom stereocenters. The van der Waals surface area contributed by atoms with Crippen molar-refractivity contribution in [1.82, 2.24) is 0 Å². The van der Waals surface area contributed by atoms with Gasteiger partial charge >= 0.3 is 6.18 Å². The van der Waals surface area contributed by atoms with Gasteiger partial charge in [0.05, 0.1) is 5.56 Å². The van der Waals surface area contributed by atoms with E-state index in [1.54, 1.807) is 30.3 Å². The van der Waals surface area contributed by atoms with Crippen LogP contribution in [0.15, 0.2) is 48.5 Å². The van der Waals surface area contributed by atoms with Crippen molar-refractivity contribution in [2.45, 2.75) is 17.7 Å². The van der Waals surface area contributed by atoms with E-state index in [2.05, 4.69) is 0 Å². The Balaban J connectivity index is 2.04. The van der Waals surface area contributed by atoms with E-state index in [9.17, 15) is 17.4 Å². The zero-order chi connectivity index (χ0) is 15.5. The lowest BCUT2D eigenvalue weighted by atomic mass is 10.1. The highest BCUT2D eigenvalue weighted by Crippen LogP contribution is 2.29. The van der Waals surface area contributed by atoms with Crippen molar-refractivity contribution in [2.24, 2.45) is 0 Å². The second-order valence-corrected chi connectivity index (χ2v) is 6.45. The highest BCUT2D eigenvalue weighted by Gasteiger charge is 2.30. The predicted octanol–water partition coefficient (Wildman–Crippen LogP) is 4.81. The third-order valence-corrected chi connectivity index (χ3v) is 4.39. The van der Waals surface area contributed by atoms with E-state index >= 15 is 0 Å². The second kappa shape index (κ2) is 6.62. The van der Waals surface area contributed by atoms with E-state index in [1.807, 2.05) is 0 Å². The molecule has 0 aromatic heterocycles. The zero-order valence-corrected chi connectivity index (χ0v) is 12.4. The second-order valence-electron chi connectivity index (χ2n) is 4.55. The Labute approximate surface area is 128 Å². The fourth-order valence-electron chi connectivity index (χ4n) is 1.84. The fraction of sp³-hybridized carbons (Fsp3) is 0.200. The number of halogens is 4. The summed E-state index contributed by atoms with van der Waals surface area (Å²) in [5, 5.41) is 0.586. The normalized spacial score (nSPS) is 13.1. The number of rotatable bonds is 4. The molecule has 0 fully saturated rings. The quantitative estimate of drug-likeness (QED) is 0.785. The van der Waals surface area contributed by atoms with Crippen LogP contribution in [-0.4, -0.2) is 4.21 Å². The number of hydrogen-bond donors (Lipinski definition) is 0. The van der Waals surface area contributed by atoms with Crippen LogP contribution < -0.4 is 0 Å². The molecule has 6 heteroatoms. The van der Waals surface area contributed by atoms with E-state index in [0.29, 0.717) is 10.6 Å². The predicted molar refractivity (Wildman–Crippen MR) is 78.4 cm³/mol. The molecule has 0 amide bonds. The SMILES string of the molecule is O=S(Cc1ccc(Cl)cc1)Cc1cccc(C(F)(F)F)c1. The molecule has 0 heterocycles. The van der Waals surface area contributed by atoms with Crippen LogP contribution in [0, 0.1) is 0 Å². The summed E-state index contributed by atoms with van der Waals surface area (Å²) in [6.45, 7) is 0. The van der Waals surface area contributed by atoms with Crippen molar-refractivity contribution < 1.29 is 17.4 Å². The lowest BCUT2D eigenvalue weighted by Crippen LogP contribution is -2.06. The minimum absolute atomic E-state index is 0.0898. The topological polar surface area (TPSA) is 17.1 Å². The van der Waals surface area contributed by atoms with Gasteiger partial charge in [0.25, 0.3) is 0 Å². The van der Waals surface area contributed by atoms with Crippen molar-refractivity contribution in [2.75, 3.05) is 0 Å². The van der Waals surface area contributed by atoms with Gasteiger partial charge in [0.15, 0.2) is 0 Å². The molecular formula is C15H12ClF3OS. The smallest absolute Gasteiger partial charge is 0.259 e. The first-order valence-corrected chi connectivity index (χ1v) is 7.97. The minimum atomic E-state index is -4.38. The van der Waals surface area contributed by atoms with E-state index in [0.717, 1.165) is 17.7 Å².